The number of hydrogen-bond donors (Lipinski definition) is 0. The number of benzene rings is 1. The molecule has 4 aromatic rings. The van der Waals surface area contributed by atoms with Crippen LogP contribution in [0.4, 0.5) is 0 Å². The van der Waals surface area contributed by atoms with Crippen molar-refractivity contribution >= 4 is 11.3 Å². The predicted molar refractivity (Wildman–Crippen MR) is 97.0 cm³/mol. The van der Waals surface area contributed by atoms with Gasteiger partial charge in [-0.1, -0.05) is 49.3 Å². The zero-order valence-electron chi connectivity index (χ0n) is 14.2. The summed E-state index contributed by atoms with van der Waals surface area (Å²) in [6.07, 6.45) is 0. The van der Waals surface area contributed by atoms with E-state index in [1.165, 1.54) is 21.6 Å². The zero-order valence-corrected chi connectivity index (χ0v) is 15.1. The molecule has 0 saturated carbocycles. The summed E-state index contributed by atoms with van der Waals surface area (Å²) in [7, 11) is 0. The molecule has 26 heavy (non-hydrogen) atoms. The Morgan fingerprint density at radius 1 is 1.19 bits per heavy atom. The van der Waals surface area contributed by atoms with Crippen molar-refractivity contribution in [3.63, 3.8) is 0 Å². The fourth-order valence-electron chi connectivity index (χ4n) is 2.49. The Hall–Kier alpha value is -3.00. The average Bonchev–Trinajstić information content (AvgIpc) is 3.37. The zero-order chi connectivity index (χ0) is 18.1. The van der Waals surface area contributed by atoms with Crippen LogP contribution in [0.15, 0.2) is 55.5 Å². The monoisotopic (exact) mass is 368 g/mol. The summed E-state index contributed by atoms with van der Waals surface area (Å²) in [5.41, 5.74) is 2.10. The number of thiophene rings is 1. The Labute approximate surface area is 152 Å². The van der Waals surface area contributed by atoms with Crippen LogP contribution in [0.2, 0.25) is 0 Å². The van der Waals surface area contributed by atoms with Gasteiger partial charge in [-0.2, -0.15) is 9.67 Å². The average molecular weight is 368 g/mol. The van der Waals surface area contributed by atoms with Gasteiger partial charge in [0, 0.05) is 5.56 Å². The van der Waals surface area contributed by atoms with Gasteiger partial charge in [-0.15, -0.1) is 16.4 Å². The minimum atomic E-state index is -0.561. The summed E-state index contributed by atoms with van der Waals surface area (Å²) in [6, 6.07) is 11.7. The summed E-state index contributed by atoms with van der Waals surface area (Å²) in [5, 5.41) is 10.1. The Balaban J connectivity index is 1.55. The molecule has 0 aliphatic rings. The third kappa shape index (κ3) is 3.23. The van der Waals surface area contributed by atoms with Gasteiger partial charge in [0.15, 0.2) is 0 Å². The molecule has 132 valence electrons. The van der Waals surface area contributed by atoms with Crippen LogP contribution in [-0.4, -0.2) is 19.9 Å². The van der Waals surface area contributed by atoms with Crippen LogP contribution in [0.5, 0.6) is 0 Å². The van der Waals surface area contributed by atoms with Crippen LogP contribution >= 0.6 is 11.3 Å². The van der Waals surface area contributed by atoms with E-state index >= 15 is 0 Å². The van der Waals surface area contributed by atoms with Crippen molar-refractivity contribution in [3.8, 4) is 22.2 Å². The second-order valence-electron chi connectivity index (χ2n) is 6.10. The van der Waals surface area contributed by atoms with Gasteiger partial charge >= 0.3 is 5.76 Å². The highest BCUT2D eigenvalue weighted by Gasteiger charge is 2.15. The van der Waals surface area contributed by atoms with Gasteiger partial charge in [-0.3, -0.25) is 0 Å². The van der Waals surface area contributed by atoms with E-state index in [9.17, 15) is 4.79 Å². The smallest absolute Gasteiger partial charge is 0.387 e. The Morgan fingerprint density at radius 3 is 2.69 bits per heavy atom. The number of aromatic nitrogens is 4. The molecule has 7 nitrogen and oxygen atoms in total. The van der Waals surface area contributed by atoms with Crippen molar-refractivity contribution in [1.29, 1.82) is 0 Å². The highest BCUT2D eigenvalue weighted by Crippen LogP contribution is 2.22. The maximum absolute atomic E-state index is 12.0. The predicted octanol–water partition coefficient (Wildman–Crippen LogP) is 3.79. The molecule has 0 bridgehead atoms. The second-order valence-corrected chi connectivity index (χ2v) is 7.04. The Kier molecular flexibility index (Phi) is 4.26. The molecule has 0 N–H and O–H groups in total. The molecule has 0 fully saturated rings. The Morgan fingerprint density at radius 2 is 2.00 bits per heavy atom. The van der Waals surface area contributed by atoms with E-state index in [0.717, 1.165) is 10.4 Å². The van der Waals surface area contributed by atoms with Crippen molar-refractivity contribution in [2.24, 2.45) is 0 Å². The number of rotatable bonds is 5. The largest absolute Gasteiger partial charge is 0.437 e. The molecule has 0 unspecified atom stereocenters. The van der Waals surface area contributed by atoms with Crippen molar-refractivity contribution in [3.05, 3.63) is 63.8 Å². The standard InChI is InChI=1S/C18H16N4O3S/c1-11(2)12-5-7-13(8-6-12)16-19-15(25-21-16)10-22-18(23)24-17(20-22)14-4-3-9-26-14/h3-9,11H,10H2,1-2H3. The van der Waals surface area contributed by atoms with Crippen LogP contribution in [0, 0.1) is 0 Å². The number of hydrogen-bond acceptors (Lipinski definition) is 7. The van der Waals surface area contributed by atoms with Crippen LogP contribution in [0.3, 0.4) is 0 Å². The van der Waals surface area contributed by atoms with Gasteiger partial charge in [0.2, 0.25) is 11.7 Å². The molecule has 3 aromatic heterocycles. The molecule has 1 aromatic carbocycles. The first-order chi connectivity index (χ1) is 12.6. The lowest BCUT2D eigenvalue weighted by atomic mass is 10.0. The lowest BCUT2D eigenvalue weighted by Crippen LogP contribution is -2.16. The third-order valence-corrected chi connectivity index (χ3v) is 4.78. The van der Waals surface area contributed by atoms with Crippen molar-refractivity contribution in [2.45, 2.75) is 26.3 Å². The van der Waals surface area contributed by atoms with Crippen molar-refractivity contribution < 1.29 is 8.94 Å². The SMILES string of the molecule is CC(C)c1ccc(-c2noc(Cn3nc(-c4cccs4)oc3=O)n2)cc1. The van der Waals surface area contributed by atoms with E-state index in [1.807, 2.05) is 41.8 Å². The summed E-state index contributed by atoms with van der Waals surface area (Å²) in [5.74, 6) is 0.955. The quantitative estimate of drug-likeness (QED) is 0.533. The fourth-order valence-corrected chi connectivity index (χ4v) is 3.13. The molecular formula is C18H16N4O3S. The van der Waals surface area contributed by atoms with E-state index in [4.69, 9.17) is 8.94 Å². The minimum Gasteiger partial charge on any atom is -0.387 e. The summed E-state index contributed by atoms with van der Waals surface area (Å²) in [6.45, 7) is 4.34. The number of nitrogens with zero attached hydrogens (tertiary/aromatic N) is 4. The molecule has 0 atom stereocenters. The minimum absolute atomic E-state index is 0.0603. The van der Waals surface area contributed by atoms with E-state index in [1.54, 1.807) is 0 Å². The second kappa shape index (κ2) is 6.72. The van der Waals surface area contributed by atoms with Gasteiger partial charge in [-0.25, -0.2) is 4.79 Å². The first-order valence-corrected chi connectivity index (χ1v) is 9.03. The summed E-state index contributed by atoms with van der Waals surface area (Å²) < 4.78 is 11.6. The highest BCUT2D eigenvalue weighted by atomic mass is 32.1. The van der Waals surface area contributed by atoms with E-state index in [0.29, 0.717) is 17.6 Å². The Bertz CT molecular complexity index is 1060. The van der Waals surface area contributed by atoms with Crippen molar-refractivity contribution in [2.75, 3.05) is 0 Å². The molecule has 0 saturated heterocycles. The van der Waals surface area contributed by atoms with Gasteiger partial charge in [-0.05, 0) is 22.9 Å². The molecule has 3 heterocycles. The molecule has 0 spiro atoms. The van der Waals surface area contributed by atoms with E-state index in [-0.39, 0.29) is 12.4 Å². The van der Waals surface area contributed by atoms with Crippen LogP contribution < -0.4 is 5.76 Å². The lowest BCUT2D eigenvalue weighted by molar-refractivity contribution is 0.360. The summed E-state index contributed by atoms with van der Waals surface area (Å²) >= 11 is 1.45. The van der Waals surface area contributed by atoms with Gasteiger partial charge in [0.05, 0.1) is 4.88 Å². The van der Waals surface area contributed by atoms with Crippen LogP contribution in [0.25, 0.3) is 22.2 Å². The van der Waals surface area contributed by atoms with E-state index < -0.39 is 5.76 Å². The molecule has 0 aliphatic carbocycles. The first kappa shape index (κ1) is 16.5. The maximum Gasteiger partial charge on any atom is 0.437 e. The molecule has 0 radical (unpaired) electrons. The summed E-state index contributed by atoms with van der Waals surface area (Å²) in [4.78, 5) is 17.1. The van der Waals surface area contributed by atoms with Gasteiger partial charge in [0.25, 0.3) is 5.89 Å². The van der Waals surface area contributed by atoms with Crippen molar-refractivity contribution in [1.82, 2.24) is 19.9 Å². The van der Waals surface area contributed by atoms with Crippen LogP contribution in [-0.2, 0) is 6.54 Å². The first-order valence-electron chi connectivity index (χ1n) is 8.15. The third-order valence-electron chi connectivity index (χ3n) is 3.93. The molecule has 4 rings (SSSR count). The lowest BCUT2D eigenvalue weighted by Gasteiger charge is -2.04. The normalized spacial score (nSPS) is 11.3. The van der Waals surface area contributed by atoms with E-state index in [2.05, 4.69) is 29.1 Å². The molecule has 0 aliphatic heterocycles. The molecule has 0 amide bonds. The molecular weight excluding hydrogens is 352 g/mol. The van der Waals surface area contributed by atoms with Gasteiger partial charge in [0.1, 0.15) is 6.54 Å². The topological polar surface area (TPSA) is 87.0 Å². The fraction of sp³-hybridized carbons (Fsp3) is 0.222. The maximum atomic E-state index is 12.0. The van der Waals surface area contributed by atoms with Gasteiger partial charge < -0.3 is 8.94 Å². The molecule has 8 heteroatoms. The van der Waals surface area contributed by atoms with Crippen LogP contribution in [0.1, 0.15) is 31.2 Å². The highest BCUT2D eigenvalue weighted by molar-refractivity contribution is 7.13.